The van der Waals surface area contributed by atoms with E-state index in [-0.39, 0.29) is 5.91 Å². The first-order chi connectivity index (χ1) is 7.25. The van der Waals surface area contributed by atoms with Crippen molar-refractivity contribution in [3.63, 3.8) is 0 Å². The van der Waals surface area contributed by atoms with Gasteiger partial charge in [-0.1, -0.05) is 0 Å². The number of hydrogen-bond donors (Lipinski definition) is 1. The largest absolute Gasteiger partial charge is 0.341 e. The fourth-order valence-corrected chi connectivity index (χ4v) is 3.49. The van der Waals surface area contributed by atoms with Crippen molar-refractivity contribution >= 4 is 17.7 Å². The van der Waals surface area contributed by atoms with Gasteiger partial charge in [0.25, 0.3) is 0 Å². The average molecular weight is 228 g/mol. The molecule has 1 atom stereocenters. The fourth-order valence-electron chi connectivity index (χ4n) is 2.38. The number of likely N-dealkylation sites (tertiary alicyclic amines) is 1. The van der Waals surface area contributed by atoms with Crippen LogP contribution in [0, 0.1) is 0 Å². The predicted octanol–water partition coefficient (Wildman–Crippen LogP) is 1.09. The molecule has 0 radical (unpaired) electrons. The van der Waals surface area contributed by atoms with E-state index in [2.05, 4.69) is 17.1 Å². The first-order valence-electron chi connectivity index (χ1n) is 5.85. The van der Waals surface area contributed by atoms with Crippen molar-refractivity contribution in [1.82, 2.24) is 10.2 Å². The maximum atomic E-state index is 11.2. The zero-order valence-electron chi connectivity index (χ0n) is 9.37. The molecule has 0 aliphatic carbocycles. The van der Waals surface area contributed by atoms with Crippen molar-refractivity contribution in [2.24, 2.45) is 0 Å². The highest BCUT2D eigenvalue weighted by Crippen LogP contribution is 2.19. The first-order valence-corrected chi connectivity index (χ1v) is 7.00. The summed E-state index contributed by atoms with van der Waals surface area (Å²) in [5, 5.41) is 3.70. The molecule has 4 heteroatoms. The molecule has 0 aromatic heterocycles. The van der Waals surface area contributed by atoms with Crippen LogP contribution in [0.15, 0.2) is 0 Å². The average Bonchev–Trinajstić information content (AvgIpc) is 2.68. The van der Waals surface area contributed by atoms with Gasteiger partial charge in [-0.15, -0.1) is 0 Å². The number of carbonyl (C=O) groups is 1. The molecule has 86 valence electrons. The molecule has 0 bridgehead atoms. The van der Waals surface area contributed by atoms with Crippen LogP contribution in [-0.4, -0.2) is 47.5 Å². The van der Waals surface area contributed by atoms with Crippen molar-refractivity contribution in [2.75, 3.05) is 24.6 Å². The minimum atomic E-state index is 0.221. The summed E-state index contributed by atoms with van der Waals surface area (Å²) in [5.41, 5.74) is 0. The summed E-state index contributed by atoms with van der Waals surface area (Å²) in [6.45, 7) is 3.52. The Morgan fingerprint density at radius 3 is 2.60 bits per heavy atom. The molecule has 2 saturated heterocycles. The van der Waals surface area contributed by atoms with E-state index in [0.717, 1.165) is 19.5 Å². The van der Waals surface area contributed by atoms with Gasteiger partial charge in [0.2, 0.25) is 5.91 Å². The second kappa shape index (κ2) is 5.21. The van der Waals surface area contributed by atoms with Crippen molar-refractivity contribution in [3.8, 4) is 0 Å². The van der Waals surface area contributed by atoms with Gasteiger partial charge in [0.15, 0.2) is 0 Å². The number of carbonyl (C=O) groups excluding carboxylic acids is 1. The molecular weight excluding hydrogens is 208 g/mol. The lowest BCUT2D eigenvalue weighted by molar-refractivity contribution is -0.127. The van der Waals surface area contributed by atoms with Gasteiger partial charge < -0.3 is 10.2 Å². The van der Waals surface area contributed by atoms with Gasteiger partial charge in [0.05, 0.1) is 0 Å². The van der Waals surface area contributed by atoms with Gasteiger partial charge in [-0.3, -0.25) is 4.79 Å². The van der Waals surface area contributed by atoms with E-state index in [0.29, 0.717) is 12.1 Å². The zero-order chi connectivity index (χ0) is 10.7. The zero-order valence-corrected chi connectivity index (χ0v) is 10.2. The number of thioether (sulfide) groups is 1. The van der Waals surface area contributed by atoms with Crippen LogP contribution in [0.1, 0.15) is 26.2 Å². The molecule has 0 aromatic rings. The Bertz CT molecular complexity index is 229. The lowest BCUT2D eigenvalue weighted by Gasteiger charge is -2.26. The molecule has 1 N–H and O–H groups in total. The molecule has 2 heterocycles. The molecule has 0 saturated carbocycles. The second-order valence-corrected chi connectivity index (χ2v) is 5.73. The van der Waals surface area contributed by atoms with Crippen LogP contribution in [0.25, 0.3) is 0 Å². The monoisotopic (exact) mass is 228 g/mol. The highest BCUT2D eigenvalue weighted by molar-refractivity contribution is 7.99. The Morgan fingerprint density at radius 1 is 1.27 bits per heavy atom. The molecule has 0 aromatic carbocycles. The van der Waals surface area contributed by atoms with Crippen LogP contribution >= 0.6 is 11.8 Å². The predicted molar refractivity (Wildman–Crippen MR) is 64.1 cm³/mol. The van der Waals surface area contributed by atoms with Crippen molar-refractivity contribution in [1.29, 1.82) is 0 Å². The van der Waals surface area contributed by atoms with Crippen LogP contribution in [0.3, 0.4) is 0 Å². The normalized spacial score (nSPS) is 28.3. The second-order valence-electron chi connectivity index (χ2n) is 4.50. The Balaban J connectivity index is 1.74. The number of rotatable bonds is 2. The third kappa shape index (κ3) is 3.11. The Morgan fingerprint density at radius 2 is 2.00 bits per heavy atom. The summed E-state index contributed by atoms with van der Waals surface area (Å²) >= 11 is 2.06. The van der Waals surface area contributed by atoms with E-state index >= 15 is 0 Å². The van der Waals surface area contributed by atoms with E-state index in [1.807, 2.05) is 4.90 Å². The molecule has 0 spiro atoms. The third-order valence-corrected chi connectivity index (χ3v) is 4.38. The van der Waals surface area contributed by atoms with Crippen LogP contribution in [0.5, 0.6) is 0 Å². The molecule has 2 rings (SSSR count). The van der Waals surface area contributed by atoms with Crippen LogP contribution in [-0.2, 0) is 4.79 Å². The third-order valence-electron chi connectivity index (χ3n) is 3.33. The maximum absolute atomic E-state index is 11.2. The summed E-state index contributed by atoms with van der Waals surface area (Å²) in [6.07, 6.45) is 3.71. The van der Waals surface area contributed by atoms with Crippen molar-refractivity contribution in [3.05, 3.63) is 0 Å². The van der Waals surface area contributed by atoms with Crippen molar-refractivity contribution in [2.45, 2.75) is 38.3 Å². The minimum Gasteiger partial charge on any atom is -0.341 e. The highest BCUT2D eigenvalue weighted by Gasteiger charge is 2.26. The lowest BCUT2D eigenvalue weighted by atomic mass is 10.1. The van der Waals surface area contributed by atoms with Crippen molar-refractivity contribution < 1.29 is 4.79 Å². The van der Waals surface area contributed by atoms with Gasteiger partial charge in [0, 0.05) is 32.1 Å². The highest BCUT2D eigenvalue weighted by atomic mass is 32.2. The lowest BCUT2D eigenvalue weighted by Crippen LogP contribution is -2.42. The topological polar surface area (TPSA) is 32.3 Å². The number of amides is 1. The number of nitrogens with one attached hydrogen (secondary N) is 1. The Kier molecular flexibility index (Phi) is 3.92. The molecule has 15 heavy (non-hydrogen) atoms. The molecular formula is C11H20N2OS. The smallest absolute Gasteiger partial charge is 0.219 e. The van der Waals surface area contributed by atoms with E-state index in [1.165, 1.54) is 24.3 Å². The molecule has 3 nitrogen and oxygen atoms in total. The Labute approximate surface area is 96.0 Å². The molecule has 2 aliphatic heterocycles. The summed E-state index contributed by atoms with van der Waals surface area (Å²) in [5.74, 6) is 2.81. The molecule has 2 fully saturated rings. The maximum Gasteiger partial charge on any atom is 0.219 e. The van der Waals surface area contributed by atoms with E-state index in [9.17, 15) is 4.79 Å². The van der Waals surface area contributed by atoms with Gasteiger partial charge in [-0.25, -0.2) is 0 Å². The van der Waals surface area contributed by atoms with Gasteiger partial charge >= 0.3 is 0 Å². The fraction of sp³-hybridized carbons (Fsp3) is 0.909. The van der Waals surface area contributed by atoms with Gasteiger partial charge in [-0.2, -0.15) is 11.8 Å². The molecule has 2 aliphatic rings. The molecule has 1 unspecified atom stereocenters. The number of hydrogen-bond acceptors (Lipinski definition) is 3. The van der Waals surface area contributed by atoms with E-state index in [1.54, 1.807) is 6.92 Å². The first kappa shape index (κ1) is 11.3. The van der Waals surface area contributed by atoms with Crippen LogP contribution in [0.2, 0.25) is 0 Å². The van der Waals surface area contributed by atoms with Gasteiger partial charge in [-0.05, 0) is 30.8 Å². The standard InChI is InChI=1S/C11H20N2OS/c1-9(14)13-5-2-11(8-13)12-10-3-6-15-7-4-10/h10-12H,2-8H2,1H3. The Hall–Kier alpha value is -0.220. The van der Waals surface area contributed by atoms with Crippen LogP contribution in [0.4, 0.5) is 0 Å². The van der Waals surface area contributed by atoms with E-state index in [4.69, 9.17) is 0 Å². The SMILES string of the molecule is CC(=O)N1CCC(NC2CCSCC2)C1. The molecule has 1 amide bonds. The number of nitrogens with zero attached hydrogens (tertiary/aromatic N) is 1. The summed E-state index contributed by atoms with van der Waals surface area (Å²) in [6, 6.07) is 1.24. The quantitative estimate of drug-likeness (QED) is 0.768. The minimum absolute atomic E-state index is 0.221. The summed E-state index contributed by atoms with van der Waals surface area (Å²) in [7, 11) is 0. The summed E-state index contributed by atoms with van der Waals surface area (Å²) < 4.78 is 0. The summed E-state index contributed by atoms with van der Waals surface area (Å²) in [4.78, 5) is 13.1. The van der Waals surface area contributed by atoms with E-state index < -0.39 is 0 Å². The van der Waals surface area contributed by atoms with Gasteiger partial charge in [0.1, 0.15) is 0 Å². The van der Waals surface area contributed by atoms with Crippen LogP contribution < -0.4 is 5.32 Å².